The number of rotatable bonds is 9. The summed E-state index contributed by atoms with van der Waals surface area (Å²) in [6.07, 6.45) is 3.75. The van der Waals surface area contributed by atoms with Gasteiger partial charge in [-0.1, -0.05) is 31.5 Å². The Morgan fingerprint density at radius 3 is 2.59 bits per heavy atom. The maximum atomic E-state index is 12.1. The van der Waals surface area contributed by atoms with E-state index in [1.807, 2.05) is 24.3 Å². The van der Waals surface area contributed by atoms with Crippen LogP contribution in [0.4, 0.5) is 0 Å². The molecule has 5 nitrogen and oxygen atoms in total. The van der Waals surface area contributed by atoms with Crippen molar-refractivity contribution in [3.8, 4) is 11.5 Å². The molecule has 0 spiro atoms. The Hall–Kier alpha value is -2.53. The Bertz CT molecular complexity index is 823. The van der Waals surface area contributed by atoms with Crippen LogP contribution in [-0.4, -0.2) is 33.6 Å². The standard InChI is InChI=1S/C22H28O5/c1-6-9-16-10-8-11-18-17(12-15(3)22(23)26-7-2)13-19(25-5)21(20(16)18)27-14-24-4/h8,10-13H,6-7,9,14H2,1-5H3/b15-12-. The first-order valence-electron chi connectivity index (χ1n) is 9.17. The van der Waals surface area contributed by atoms with E-state index in [9.17, 15) is 4.79 Å². The van der Waals surface area contributed by atoms with E-state index in [1.165, 1.54) is 5.56 Å². The van der Waals surface area contributed by atoms with Crippen molar-refractivity contribution in [1.29, 1.82) is 0 Å². The van der Waals surface area contributed by atoms with Crippen LogP contribution >= 0.6 is 0 Å². The zero-order valence-electron chi connectivity index (χ0n) is 16.8. The summed E-state index contributed by atoms with van der Waals surface area (Å²) in [6, 6.07) is 8.03. The molecule has 5 heteroatoms. The van der Waals surface area contributed by atoms with Gasteiger partial charge in [-0.15, -0.1) is 0 Å². The van der Waals surface area contributed by atoms with E-state index >= 15 is 0 Å². The Balaban J connectivity index is 2.74. The molecule has 146 valence electrons. The molecule has 2 aromatic carbocycles. The van der Waals surface area contributed by atoms with Gasteiger partial charge in [-0.3, -0.25) is 0 Å². The van der Waals surface area contributed by atoms with Crippen LogP contribution in [0.1, 0.15) is 38.3 Å². The fourth-order valence-corrected chi connectivity index (χ4v) is 3.06. The molecule has 0 bridgehead atoms. The minimum atomic E-state index is -0.325. The molecule has 0 aromatic heterocycles. The summed E-state index contributed by atoms with van der Waals surface area (Å²) in [7, 11) is 3.19. The lowest BCUT2D eigenvalue weighted by molar-refractivity contribution is -0.138. The molecule has 0 heterocycles. The van der Waals surface area contributed by atoms with Crippen LogP contribution in [0.3, 0.4) is 0 Å². The van der Waals surface area contributed by atoms with Crippen LogP contribution in [0.15, 0.2) is 29.8 Å². The number of carbonyl (C=O) groups is 1. The molecule has 0 aliphatic rings. The van der Waals surface area contributed by atoms with Crippen LogP contribution in [0.5, 0.6) is 11.5 Å². The maximum absolute atomic E-state index is 12.1. The van der Waals surface area contributed by atoms with Gasteiger partial charge in [0.1, 0.15) is 0 Å². The highest BCUT2D eigenvalue weighted by Crippen LogP contribution is 2.41. The number of benzene rings is 2. The normalized spacial score (nSPS) is 11.5. The van der Waals surface area contributed by atoms with Crippen LogP contribution in [0, 0.1) is 0 Å². The number of ether oxygens (including phenoxy) is 4. The average Bonchev–Trinajstić information content (AvgIpc) is 2.67. The van der Waals surface area contributed by atoms with Crippen LogP contribution < -0.4 is 9.47 Å². The first-order valence-corrected chi connectivity index (χ1v) is 9.17. The number of hydrogen-bond donors (Lipinski definition) is 0. The Morgan fingerprint density at radius 2 is 1.96 bits per heavy atom. The second-order valence-electron chi connectivity index (χ2n) is 6.19. The first kappa shape index (κ1) is 20.8. The Labute approximate surface area is 160 Å². The SMILES string of the molecule is CCCc1cccc2c(/C=C(/C)C(=O)OCC)cc(OC)c(OCOC)c12. The van der Waals surface area contributed by atoms with Crippen LogP contribution in [0.2, 0.25) is 0 Å². The quantitative estimate of drug-likeness (QED) is 0.361. The van der Waals surface area contributed by atoms with Gasteiger partial charge in [0.2, 0.25) is 0 Å². The second-order valence-corrected chi connectivity index (χ2v) is 6.19. The molecule has 0 N–H and O–H groups in total. The van der Waals surface area contributed by atoms with Gasteiger partial charge in [0.25, 0.3) is 0 Å². The summed E-state index contributed by atoms with van der Waals surface area (Å²) in [6.45, 7) is 6.16. The molecule has 0 radical (unpaired) electrons. The molecule has 0 saturated heterocycles. The lowest BCUT2D eigenvalue weighted by Gasteiger charge is -2.18. The third kappa shape index (κ3) is 4.80. The molecule has 0 aliphatic carbocycles. The zero-order chi connectivity index (χ0) is 19.8. The molecule has 0 aliphatic heterocycles. The predicted octanol–water partition coefficient (Wildman–Crippen LogP) is 4.75. The topological polar surface area (TPSA) is 54.0 Å². The molecule has 0 unspecified atom stereocenters. The lowest BCUT2D eigenvalue weighted by Crippen LogP contribution is -2.05. The molecular weight excluding hydrogens is 344 g/mol. The van der Waals surface area contributed by atoms with E-state index in [1.54, 1.807) is 28.1 Å². The van der Waals surface area contributed by atoms with Crippen molar-refractivity contribution in [2.75, 3.05) is 27.6 Å². The van der Waals surface area contributed by atoms with Gasteiger partial charge in [0.05, 0.1) is 13.7 Å². The average molecular weight is 372 g/mol. The number of carbonyl (C=O) groups excluding carboxylic acids is 1. The smallest absolute Gasteiger partial charge is 0.333 e. The van der Waals surface area contributed by atoms with Crippen molar-refractivity contribution in [3.63, 3.8) is 0 Å². The number of hydrogen-bond acceptors (Lipinski definition) is 5. The number of aryl methyl sites for hydroxylation is 1. The second kappa shape index (κ2) is 9.97. The first-order chi connectivity index (χ1) is 13.1. The molecule has 0 amide bonds. The molecule has 2 rings (SSSR count). The number of esters is 1. The number of fused-ring (bicyclic) bond motifs is 1. The summed E-state index contributed by atoms with van der Waals surface area (Å²) in [5, 5.41) is 1.98. The van der Waals surface area contributed by atoms with Crippen molar-refractivity contribution >= 4 is 22.8 Å². The monoisotopic (exact) mass is 372 g/mol. The molecule has 27 heavy (non-hydrogen) atoms. The molecule has 0 saturated carbocycles. The minimum Gasteiger partial charge on any atom is -0.493 e. The summed E-state index contributed by atoms with van der Waals surface area (Å²) in [4.78, 5) is 12.1. The lowest BCUT2D eigenvalue weighted by atomic mass is 9.95. The highest BCUT2D eigenvalue weighted by Gasteiger charge is 2.17. The maximum Gasteiger partial charge on any atom is 0.333 e. The van der Waals surface area contributed by atoms with Gasteiger partial charge < -0.3 is 18.9 Å². The van der Waals surface area contributed by atoms with E-state index in [-0.39, 0.29) is 12.8 Å². The van der Waals surface area contributed by atoms with Crippen molar-refractivity contribution < 1.29 is 23.7 Å². The van der Waals surface area contributed by atoms with Gasteiger partial charge in [-0.25, -0.2) is 4.79 Å². The van der Waals surface area contributed by atoms with E-state index in [4.69, 9.17) is 18.9 Å². The third-order valence-corrected chi connectivity index (χ3v) is 4.23. The summed E-state index contributed by atoms with van der Waals surface area (Å²) < 4.78 is 21.7. The molecule has 0 atom stereocenters. The van der Waals surface area contributed by atoms with E-state index in [0.29, 0.717) is 23.7 Å². The fraction of sp³-hybridized carbons (Fsp3) is 0.409. The van der Waals surface area contributed by atoms with E-state index < -0.39 is 0 Å². The van der Waals surface area contributed by atoms with Crippen LogP contribution in [0.25, 0.3) is 16.8 Å². The molecule has 2 aromatic rings. The van der Waals surface area contributed by atoms with Gasteiger partial charge in [0, 0.05) is 18.1 Å². The van der Waals surface area contributed by atoms with E-state index in [0.717, 1.165) is 29.2 Å². The zero-order valence-corrected chi connectivity index (χ0v) is 16.8. The van der Waals surface area contributed by atoms with Crippen molar-refractivity contribution in [2.45, 2.75) is 33.6 Å². The molecule has 0 fully saturated rings. The summed E-state index contributed by atoms with van der Waals surface area (Å²) in [5.41, 5.74) is 2.59. The Morgan fingerprint density at radius 1 is 1.19 bits per heavy atom. The summed E-state index contributed by atoms with van der Waals surface area (Å²) in [5.74, 6) is 0.935. The Kier molecular flexibility index (Phi) is 7.67. The highest BCUT2D eigenvalue weighted by atomic mass is 16.7. The largest absolute Gasteiger partial charge is 0.493 e. The van der Waals surface area contributed by atoms with Crippen molar-refractivity contribution in [2.24, 2.45) is 0 Å². The van der Waals surface area contributed by atoms with Gasteiger partial charge >= 0.3 is 5.97 Å². The minimum absolute atomic E-state index is 0.128. The predicted molar refractivity (Wildman–Crippen MR) is 107 cm³/mol. The molecular formula is C22H28O5. The van der Waals surface area contributed by atoms with Gasteiger partial charge in [-0.2, -0.15) is 0 Å². The van der Waals surface area contributed by atoms with Crippen molar-refractivity contribution in [1.82, 2.24) is 0 Å². The van der Waals surface area contributed by atoms with Gasteiger partial charge in [-0.05, 0) is 48.9 Å². The fourth-order valence-electron chi connectivity index (χ4n) is 3.06. The summed E-state index contributed by atoms with van der Waals surface area (Å²) >= 11 is 0. The number of methoxy groups -OCH3 is 2. The third-order valence-electron chi connectivity index (χ3n) is 4.23. The van der Waals surface area contributed by atoms with Gasteiger partial charge in [0.15, 0.2) is 18.3 Å². The van der Waals surface area contributed by atoms with E-state index in [2.05, 4.69) is 13.0 Å². The highest BCUT2D eigenvalue weighted by molar-refractivity contribution is 6.02. The van der Waals surface area contributed by atoms with Crippen molar-refractivity contribution in [3.05, 3.63) is 41.0 Å². The van der Waals surface area contributed by atoms with Crippen LogP contribution in [-0.2, 0) is 20.7 Å².